The van der Waals surface area contributed by atoms with Crippen LogP contribution in [0.3, 0.4) is 0 Å². The van der Waals surface area contributed by atoms with Crippen LogP contribution < -0.4 is 10.6 Å². The van der Waals surface area contributed by atoms with Gasteiger partial charge in [0.15, 0.2) is 5.96 Å². The third-order valence-electron chi connectivity index (χ3n) is 3.74. The van der Waals surface area contributed by atoms with E-state index < -0.39 is 0 Å². The fourth-order valence-corrected chi connectivity index (χ4v) is 3.23. The maximum Gasteiger partial charge on any atom is 0.191 e. The van der Waals surface area contributed by atoms with Crippen LogP contribution in [0.4, 0.5) is 4.39 Å². The van der Waals surface area contributed by atoms with Gasteiger partial charge < -0.3 is 15.4 Å². The van der Waals surface area contributed by atoms with Crippen molar-refractivity contribution in [3.63, 3.8) is 0 Å². The summed E-state index contributed by atoms with van der Waals surface area (Å²) in [6.45, 7) is 6.43. The van der Waals surface area contributed by atoms with E-state index in [4.69, 9.17) is 4.74 Å². The molecule has 0 aromatic heterocycles. The molecular formula is C17H28FIN4OS. The van der Waals surface area contributed by atoms with Crippen LogP contribution in [0.15, 0.2) is 34.2 Å². The maximum atomic E-state index is 12.8. The molecule has 5 nitrogen and oxygen atoms in total. The van der Waals surface area contributed by atoms with Crippen molar-refractivity contribution in [2.75, 3.05) is 58.7 Å². The minimum Gasteiger partial charge on any atom is -0.379 e. The maximum absolute atomic E-state index is 12.8. The van der Waals surface area contributed by atoms with E-state index in [9.17, 15) is 4.39 Å². The molecule has 0 radical (unpaired) electrons. The summed E-state index contributed by atoms with van der Waals surface area (Å²) in [6, 6.07) is 6.64. The fraction of sp³-hybridized carbons (Fsp3) is 0.588. The number of guanidine groups is 1. The van der Waals surface area contributed by atoms with Gasteiger partial charge in [0.05, 0.1) is 13.2 Å². The number of nitrogens with one attached hydrogen (secondary N) is 2. The third-order valence-corrected chi connectivity index (χ3v) is 4.84. The van der Waals surface area contributed by atoms with Crippen molar-refractivity contribution in [2.24, 2.45) is 4.99 Å². The summed E-state index contributed by atoms with van der Waals surface area (Å²) in [6.07, 6.45) is 1.02. The lowest BCUT2D eigenvalue weighted by Crippen LogP contribution is -2.44. The lowest BCUT2D eigenvalue weighted by molar-refractivity contribution is 0.0389. The molecule has 1 heterocycles. The molecule has 1 aromatic rings. The molecule has 1 fully saturated rings. The first-order chi connectivity index (χ1) is 11.8. The standard InChI is InChI=1S/C17H27FN4OS.HI/c1-19-17(21-8-9-22-10-12-23-13-11-22)20-7-2-14-24-16-5-3-15(18)4-6-16;/h3-6H,2,7-14H2,1H3,(H2,19,20,21);1H. The Balaban J connectivity index is 0.00000312. The van der Waals surface area contributed by atoms with Gasteiger partial charge >= 0.3 is 0 Å². The van der Waals surface area contributed by atoms with Crippen molar-refractivity contribution in [1.82, 2.24) is 15.5 Å². The van der Waals surface area contributed by atoms with Gasteiger partial charge in [0, 0.05) is 44.7 Å². The molecule has 0 atom stereocenters. The van der Waals surface area contributed by atoms with Crippen molar-refractivity contribution in [3.05, 3.63) is 30.1 Å². The summed E-state index contributed by atoms with van der Waals surface area (Å²) in [4.78, 5) is 7.73. The number of rotatable bonds is 8. The summed E-state index contributed by atoms with van der Waals surface area (Å²) in [5, 5.41) is 6.66. The molecule has 0 spiro atoms. The van der Waals surface area contributed by atoms with E-state index in [0.29, 0.717) is 0 Å². The lowest BCUT2D eigenvalue weighted by Gasteiger charge is -2.26. The Morgan fingerprint density at radius 3 is 2.56 bits per heavy atom. The average molecular weight is 482 g/mol. The average Bonchev–Trinajstić information content (AvgIpc) is 2.62. The minimum atomic E-state index is -0.187. The Morgan fingerprint density at radius 1 is 1.20 bits per heavy atom. The van der Waals surface area contributed by atoms with Crippen molar-refractivity contribution < 1.29 is 9.13 Å². The number of benzene rings is 1. The monoisotopic (exact) mass is 482 g/mol. The van der Waals surface area contributed by atoms with Crippen LogP contribution >= 0.6 is 35.7 Å². The van der Waals surface area contributed by atoms with Crippen molar-refractivity contribution in [3.8, 4) is 0 Å². The molecule has 142 valence electrons. The molecule has 2 N–H and O–H groups in total. The van der Waals surface area contributed by atoms with Crippen LogP contribution in [0.5, 0.6) is 0 Å². The van der Waals surface area contributed by atoms with E-state index in [0.717, 1.165) is 69.0 Å². The number of hydrogen-bond acceptors (Lipinski definition) is 4. The van der Waals surface area contributed by atoms with E-state index in [1.54, 1.807) is 18.8 Å². The Labute approximate surface area is 171 Å². The van der Waals surface area contributed by atoms with Gasteiger partial charge in [-0.05, 0) is 36.4 Å². The Bertz CT molecular complexity index is 498. The van der Waals surface area contributed by atoms with Gasteiger partial charge in [0.25, 0.3) is 0 Å². The summed E-state index contributed by atoms with van der Waals surface area (Å²) in [5.74, 6) is 1.65. The van der Waals surface area contributed by atoms with Gasteiger partial charge in [0.1, 0.15) is 5.82 Å². The Morgan fingerprint density at radius 2 is 1.88 bits per heavy atom. The zero-order valence-electron chi connectivity index (χ0n) is 14.7. The third kappa shape index (κ3) is 9.62. The first kappa shape index (κ1) is 22.5. The van der Waals surface area contributed by atoms with Crippen LogP contribution in [0.2, 0.25) is 0 Å². The highest BCUT2D eigenvalue weighted by molar-refractivity contribution is 14.0. The summed E-state index contributed by atoms with van der Waals surface area (Å²) in [7, 11) is 1.79. The zero-order chi connectivity index (χ0) is 17.0. The normalized spacial score (nSPS) is 15.5. The number of morpholine rings is 1. The molecule has 0 saturated carbocycles. The lowest BCUT2D eigenvalue weighted by atomic mass is 10.4. The van der Waals surface area contributed by atoms with E-state index in [-0.39, 0.29) is 29.8 Å². The first-order valence-corrected chi connectivity index (χ1v) is 9.39. The summed E-state index contributed by atoms with van der Waals surface area (Å²) < 4.78 is 18.2. The molecule has 1 aliphatic heterocycles. The highest BCUT2D eigenvalue weighted by Gasteiger charge is 2.09. The Kier molecular flexibility index (Phi) is 12.2. The van der Waals surface area contributed by atoms with Gasteiger partial charge in [-0.15, -0.1) is 35.7 Å². The molecule has 0 bridgehead atoms. The van der Waals surface area contributed by atoms with E-state index >= 15 is 0 Å². The second kappa shape index (κ2) is 13.6. The van der Waals surface area contributed by atoms with Gasteiger partial charge in [-0.25, -0.2) is 4.39 Å². The minimum absolute atomic E-state index is 0. The second-order valence-electron chi connectivity index (χ2n) is 5.54. The first-order valence-electron chi connectivity index (χ1n) is 8.41. The molecule has 0 amide bonds. The smallest absolute Gasteiger partial charge is 0.191 e. The van der Waals surface area contributed by atoms with Crippen LogP contribution in [0.1, 0.15) is 6.42 Å². The van der Waals surface area contributed by atoms with Gasteiger partial charge in [-0.1, -0.05) is 0 Å². The van der Waals surface area contributed by atoms with Crippen molar-refractivity contribution in [2.45, 2.75) is 11.3 Å². The van der Waals surface area contributed by atoms with Crippen LogP contribution in [-0.2, 0) is 4.74 Å². The van der Waals surface area contributed by atoms with E-state index in [1.165, 1.54) is 12.1 Å². The van der Waals surface area contributed by atoms with Crippen LogP contribution in [0.25, 0.3) is 0 Å². The van der Waals surface area contributed by atoms with Gasteiger partial charge in [0.2, 0.25) is 0 Å². The molecule has 1 aromatic carbocycles. The molecule has 1 aliphatic rings. The number of ether oxygens (including phenoxy) is 1. The summed E-state index contributed by atoms with van der Waals surface area (Å²) >= 11 is 1.74. The fourth-order valence-electron chi connectivity index (χ4n) is 2.38. The number of halogens is 2. The van der Waals surface area contributed by atoms with Gasteiger partial charge in [-0.2, -0.15) is 0 Å². The quantitative estimate of drug-likeness (QED) is 0.196. The van der Waals surface area contributed by atoms with E-state index in [2.05, 4.69) is 20.5 Å². The van der Waals surface area contributed by atoms with Crippen LogP contribution in [0, 0.1) is 5.82 Å². The SMILES string of the molecule is CN=C(NCCCSc1ccc(F)cc1)NCCN1CCOCC1.I. The largest absolute Gasteiger partial charge is 0.379 e. The van der Waals surface area contributed by atoms with E-state index in [1.807, 2.05) is 12.1 Å². The predicted molar refractivity (Wildman–Crippen MR) is 114 cm³/mol. The molecule has 2 rings (SSSR count). The topological polar surface area (TPSA) is 48.9 Å². The number of hydrogen-bond donors (Lipinski definition) is 2. The van der Waals surface area contributed by atoms with Crippen molar-refractivity contribution in [1.29, 1.82) is 0 Å². The number of aliphatic imine (C=N–C) groups is 1. The van der Waals surface area contributed by atoms with Gasteiger partial charge in [-0.3, -0.25) is 9.89 Å². The Hall–Kier alpha value is -0.580. The highest BCUT2D eigenvalue weighted by atomic mass is 127. The molecule has 1 saturated heterocycles. The van der Waals surface area contributed by atoms with Crippen molar-refractivity contribution >= 4 is 41.7 Å². The highest BCUT2D eigenvalue weighted by Crippen LogP contribution is 2.18. The molecule has 25 heavy (non-hydrogen) atoms. The molecular weight excluding hydrogens is 454 g/mol. The molecule has 0 aliphatic carbocycles. The zero-order valence-corrected chi connectivity index (χ0v) is 17.8. The second-order valence-corrected chi connectivity index (χ2v) is 6.70. The predicted octanol–water partition coefficient (Wildman–Crippen LogP) is 2.42. The number of thioether (sulfide) groups is 1. The summed E-state index contributed by atoms with van der Waals surface area (Å²) in [5.41, 5.74) is 0. The number of nitrogens with zero attached hydrogens (tertiary/aromatic N) is 2. The van der Waals surface area contributed by atoms with Crippen LogP contribution in [-0.4, -0.2) is 69.6 Å². The molecule has 8 heteroatoms. The molecule has 0 unspecified atom stereocenters.